The smallest absolute Gasteiger partial charge is 0.234 e. The maximum Gasteiger partial charge on any atom is 0.234 e. The molecular weight excluding hydrogens is 390 g/mol. The van der Waals surface area contributed by atoms with Crippen molar-refractivity contribution in [1.29, 1.82) is 0 Å². The van der Waals surface area contributed by atoms with Gasteiger partial charge in [-0.3, -0.25) is 4.79 Å². The van der Waals surface area contributed by atoms with E-state index in [1.807, 2.05) is 56.3 Å². The van der Waals surface area contributed by atoms with Gasteiger partial charge in [-0.25, -0.2) is 4.98 Å². The molecule has 2 aromatic carbocycles. The molecule has 7 heteroatoms. The van der Waals surface area contributed by atoms with E-state index in [0.717, 1.165) is 43.5 Å². The summed E-state index contributed by atoms with van der Waals surface area (Å²) in [5, 5.41) is 7.88. The summed E-state index contributed by atoms with van der Waals surface area (Å²) in [6, 6.07) is 15.8. The van der Waals surface area contributed by atoms with E-state index in [0.29, 0.717) is 11.5 Å². The molecule has 4 rings (SSSR count). The highest BCUT2D eigenvalue weighted by atomic mass is 32.2. The van der Waals surface area contributed by atoms with Crippen LogP contribution in [-0.2, 0) is 10.5 Å². The van der Waals surface area contributed by atoms with E-state index in [4.69, 9.17) is 9.51 Å². The van der Waals surface area contributed by atoms with Crippen molar-refractivity contribution in [3.63, 3.8) is 0 Å². The zero-order chi connectivity index (χ0) is 19.5. The summed E-state index contributed by atoms with van der Waals surface area (Å²) < 4.78 is 6.30. The van der Waals surface area contributed by atoms with E-state index < -0.39 is 0 Å². The number of nitrogens with zero attached hydrogens (tertiary/aromatic N) is 2. The SMILES string of the molecule is Cc1noc(C)c1CSCC(=O)Nc1ccccc1-c1nc2ccccc2s1. The minimum atomic E-state index is -0.0367. The molecule has 28 heavy (non-hydrogen) atoms. The van der Waals surface area contributed by atoms with Crippen LogP contribution >= 0.6 is 23.1 Å². The molecule has 0 bridgehead atoms. The number of benzene rings is 2. The molecule has 142 valence electrons. The van der Waals surface area contributed by atoms with Crippen LogP contribution in [0, 0.1) is 13.8 Å². The van der Waals surface area contributed by atoms with E-state index in [1.165, 1.54) is 0 Å². The maximum atomic E-state index is 12.5. The number of fused-ring (bicyclic) bond motifs is 1. The Morgan fingerprint density at radius 3 is 2.71 bits per heavy atom. The fourth-order valence-electron chi connectivity index (χ4n) is 2.91. The fourth-order valence-corrected chi connectivity index (χ4v) is 4.89. The number of amides is 1. The minimum Gasteiger partial charge on any atom is -0.361 e. The van der Waals surface area contributed by atoms with Crippen LogP contribution in [0.2, 0.25) is 0 Å². The second-order valence-corrected chi connectivity index (χ2v) is 8.39. The van der Waals surface area contributed by atoms with E-state index in [-0.39, 0.29) is 5.91 Å². The van der Waals surface area contributed by atoms with Gasteiger partial charge in [0.25, 0.3) is 0 Å². The first kappa shape index (κ1) is 18.7. The number of carbonyl (C=O) groups excluding carboxylic acids is 1. The lowest BCUT2D eigenvalue weighted by atomic mass is 10.2. The Morgan fingerprint density at radius 1 is 1.14 bits per heavy atom. The first-order valence-electron chi connectivity index (χ1n) is 8.86. The number of aromatic nitrogens is 2. The van der Waals surface area contributed by atoms with Crippen molar-refractivity contribution in [2.75, 3.05) is 11.1 Å². The van der Waals surface area contributed by atoms with E-state index in [1.54, 1.807) is 23.1 Å². The lowest BCUT2D eigenvalue weighted by Crippen LogP contribution is -2.14. The van der Waals surface area contributed by atoms with Crippen molar-refractivity contribution in [2.45, 2.75) is 19.6 Å². The number of thioether (sulfide) groups is 1. The van der Waals surface area contributed by atoms with Crippen LogP contribution in [0.25, 0.3) is 20.8 Å². The van der Waals surface area contributed by atoms with Gasteiger partial charge in [0.2, 0.25) is 5.91 Å². The van der Waals surface area contributed by atoms with Crippen molar-refractivity contribution in [3.05, 3.63) is 65.5 Å². The van der Waals surface area contributed by atoms with Gasteiger partial charge in [0, 0.05) is 16.9 Å². The molecule has 0 saturated carbocycles. The van der Waals surface area contributed by atoms with E-state index >= 15 is 0 Å². The molecule has 0 aliphatic rings. The third-order valence-corrected chi connectivity index (χ3v) is 6.42. The van der Waals surface area contributed by atoms with Gasteiger partial charge in [-0.1, -0.05) is 29.4 Å². The molecule has 0 aliphatic carbocycles. The Bertz CT molecular complexity index is 1080. The Hall–Kier alpha value is -2.64. The first-order valence-corrected chi connectivity index (χ1v) is 10.8. The average Bonchev–Trinajstić information content (AvgIpc) is 3.26. The third-order valence-electron chi connectivity index (χ3n) is 4.39. The van der Waals surface area contributed by atoms with Crippen molar-refractivity contribution in [1.82, 2.24) is 10.1 Å². The third kappa shape index (κ3) is 3.95. The number of carbonyl (C=O) groups is 1. The van der Waals surface area contributed by atoms with Gasteiger partial charge in [-0.15, -0.1) is 23.1 Å². The molecule has 2 heterocycles. The molecule has 0 fully saturated rings. The zero-order valence-electron chi connectivity index (χ0n) is 15.6. The van der Waals surface area contributed by atoms with E-state index in [2.05, 4.69) is 16.5 Å². The summed E-state index contributed by atoms with van der Waals surface area (Å²) in [5.74, 6) is 1.84. The summed E-state index contributed by atoms with van der Waals surface area (Å²) in [6.07, 6.45) is 0. The van der Waals surface area contributed by atoms with Crippen LogP contribution in [0.1, 0.15) is 17.0 Å². The molecule has 1 amide bonds. The summed E-state index contributed by atoms with van der Waals surface area (Å²) in [5.41, 5.74) is 4.63. The fraction of sp³-hybridized carbons (Fsp3) is 0.190. The highest BCUT2D eigenvalue weighted by molar-refractivity contribution is 7.99. The zero-order valence-corrected chi connectivity index (χ0v) is 17.2. The monoisotopic (exact) mass is 409 g/mol. The predicted octanol–water partition coefficient (Wildman–Crippen LogP) is 5.44. The molecule has 2 aromatic heterocycles. The Balaban J connectivity index is 1.45. The number of rotatable bonds is 6. The van der Waals surface area contributed by atoms with Gasteiger partial charge in [-0.2, -0.15) is 0 Å². The molecule has 0 spiro atoms. The predicted molar refractivity (Wildman–Crippen MR) is 116 cm³/mol. The molecule has 0 saturated heterocycles. The summed E-state index contributed by atoms with van der Waals surface area (Å²) in [6.45, 7) is 3.81. The largest absolute Gasteiger partial charge is 0.361 e. The first-order chi connectivity index (χ1) is 13.6. The summed E-state index contributed by atoms with van der Waals surface area (Å²) >= 11 is 3.17. The van der Waals surface area contributed by atoms with Crippen LogP contribution < -0.4 is 5.32 Å². The maximum absolute atomic E-state index is 12.5. The van der Waals surface area contributed by atoms with Gasteiger partial charge in [0.1, 0.15) is 10.8 Å². The van der Waals surface area contributed by atoms with Gasteiger partial charge in [-0.05, 0) is 38.1 Å². The van der Waals surface area contributed by atoms with Crippen LogP contribution in [0.15, 0.2) is 53.1 Å². The second-order valence-electron chi connectivity index (χ2n) is 6.38. The molecule has 5 nitrogen and oxygen atoms in total. The highest BCUT2D eigenvalue weighted by Crippen LogP contribution is 2.34. The second kappa shape index (κ2) is 8.16. The van der Waals surface area contributed by atoms with Crippen molar-refractivity contribution in [2.24, 2.45) is 0 Å². The van der Waals surface area contributed by atoms with Gasteiger partial charge in [0.15, 0.2) is 0 Å². The Labute approximate surface area is 171 Å². The lowest BCUT2D eigenvalue weighted by molar-refractivity contribution is -0.113. The molecule has 0 unspecified atom stereocenters. The molecule has 1 N–H and O–H groups in total. The van der Waals surface area contributed by atoms with Gasteiger partial charge in [0.05, 0.1) is 27.4 Å². The summed E-state index contributed by atoms with van der Waals surface area (Å²) in [4.78, 5) is 17.2. The standard InChI is InChI=1S/C21H19N3O2S2/c1-13-16(14(2)26-24-13)11-27-12-20(25)22-17-8-4-3-7-15(17)21-23-18-9-5-6-10-19(18)28-21/h3-10H,11-12H2,1-2H3,(H,22,25). The van der Waals surface area contributed by atoms with Crippen LogP contribution in [-0.4, -0.2) is 21.8 Å². The topological polar surface area (TPSA) is 68.0 Å². The number of anilines is 1. The Kier molecular flexibility index (Phi) is 5.45. The number of hydrogen-bond donors (Lipinski definition) is 1. The van der Waals surface area contributed by atoms with Crippen LogP contribution in [0.4, 0.5) is 5.69 Å². The minimum absolute atomic E-state index is 0.0367. The molecule has 0 atom stereocenters. The van der Waals surface area contributed by atoms with E-state index in [9.17, 15) is 4.79 Å². The normalized spacial score (nSPS) is 11.1. The number of thiazole rings is 1. The average molecular weight is 410 g/mol. The highest BCUT2D eigenvalue weighted by Gasteiger charge is 2.13. The summed E-state index contributed by atoms with van der Waals surface area (Å²) in [7, 11) is 0. The number of nitrogens with one attached hydrogen (secondary N) is 1. The van der Waals surface area contributed by atoms with Gasteiger partial charge >= 0.3 is 0 Å². The van der Waals surface area contributed by atoms with Gasteiger partial charge < -0.3 is 9.84 Å². The molecule has 4 aromatic rings. The number of aryl methyl sites for hydroxylation is 2. The van der Waals surface area contributed by atoms with Crippen molar-refractivity contribution < 1.29 is 9.32 Å². The molecule has 0 aliphatic heterocycles. The van der Waals surface area contributed by atoms with Crippen molar-refractivity contribution >= 4 is 44.9 Å². The number of hydrogen-bond acceptors (Lipinski definition) is 6. The van der Waals surface area contributed by atoms with Crippen LogP contribution in [0.3, 0.4) is 0 Å². The quantitative estimate of drug-likeness (QED) is 0.459. The molecule has 0 radical (unpaired) electrons. The number of para-hydroxylation sites is 2. The van der Waals surface area contributed by atoms with Crippen molar-refractivity contribution in [3.8, 4) is 10.6 Å². The Morgan fingerprint density at radius 2 is 1.93 bits per heavy atom. The lowest BCUT2D eigenvalue weighted by Gasteiger charge is -2.09. The molecular formula is C21H19N3O2S2. The van der Waals surface area contributed by atoms with Crippen LogP contribution in [0.5, 0.6) is 0 Å².